The Morgan fingerprint density at radius 2 is 2.14 bits per heavy atom. The van der Waals surface area contributed by atoms with E-state index in [0.717, 1.165) is 19.1 Å². The van der Waals surface area contributed by atoms with Gasteiger partial charge < -0.3 is 10.6 Å². The maximum atomic E-state index is 11.3. The lowest BCUT2D eigenvalue weighted by molar-refractivity contribution is -0.144. The fraction of sp³-hybridized carbons (Fsp3) is 0.900. The van der Waals surface area contributed by atoms with Gasteiger partial charge in [0.25, 0.3) is 0 Å². The number of likely N-dealkylation sites (tertiary alicyclic amines) is 2. The van der Waals surface area contributed by atoms with Gasteiger partial charge in [-0.1, -0.05) is 0 Å². The third-order valence-electron chi connectivity index (χ3n) is 3.68. The van der Waals surface area contributed by atoms with Gasteiger partial charge in [-0.2, -0.15) is 0 Å². The van der Waals surface area contributed by atoms with Gasteiger partial charge in [0.2, 0.25) is 5.91 Å². The van der Waals surface area contributed by atoms with Gasteiger partial charge in [0.05, 0.1) is 0 Å². The predicted octanol–water partition coefficient (Wildman–Crippen LogP) is -0.607. The van der Waals surface area contributed by atoms with Gasteiger partial charge in [-0.15, -0.1) is 0 Å². The van der Waals surface area contributed by atoms with Crippen molar-refractivity contribution in [2.45, 2.75) is 37.4 Å². The van der Waals surface area contributed by atoms with Crippen LogP contribution in [0.1, 0.15) is 19.3 Å². The Kier molecular flexibility index (Phi) is 1.82. The van der Waals surface area contributed by atoms with Crippen molar-refractivity contribution in [3.63, 3.8) is 0 Å². The summed E-state index contributed by atoms with van der Waals surface area (Å²) in [4.78, 5) is 15.8. The number of β-lactam (4-membered cyclic amide) rings is 1. The molecule has 3 aliphatic rings. The van der Waals surface area contributed by atoms with Crippen LogP contribution in [0.2, 0.25) is 0 Å². The van der Waals surface area contributed by atoms with E-state index in [9.17, 15) is 4.79 Å². The first-order valence-corrected chi connectivity index (χ1v) is 5.56. The molecule has 0 aromatic heterocycles. The van der Waals surface area contributed by atoms with Crippen molar-refractivity contribution in [1.82, 2.24) is 9.80 Å². The molecule has 4 heteroatoms. The Bertz CT molecular complexity index is 264. The van der Waals surface area contributed by atoms with Crippen LogP contribution in [-0.2, 0) is 4.79 Å². The number of amides is 1. The molecule has 2 saturated heterocycles. The van der Waals surface area contributed by atoms with Crippen LogP contribution in [0.15, 0.2) is 0 Å². The quantitative estimate of drug-likeness (QED) is 0.611. The molecule has 2 atom stereocenters. The van der Waals surface area contributed by atoms with Crippen molar-refractivity contribution in [1.29, 1.82) is 0 Å². The van der Waals surface area contributed by atoms with Crippen LogP contribution in [-0.4, -0.2) is 53.5 Å². The summed E-state index contributed by atoms with van der Waals surface area (Å²) in [6.45, 7) is 2.93. The van der Waals surface area contributed by atoms with Gasteiger partial charge in [-0.05, 0) is 19.3 Å². The molecule has 2 aliphatic heterocycles. The lowest BCUT2D eigenvalue weighted by Gasteiger charge is -2.47. The Labute approximate surface area is 84.0 Å². The minimum absolute atomic E-state index is 0.146. The van der Waals surface area contributed by atoms with E-state index in [4.69, 9.17) is 5.73 Å². The Morgan fingerprint density at radius 3 is 2.57 bits per heavy atom. The summed E-state index contributed by atoms with van der Waals surface area (Å²) in [6.07, 6.45) is 3.99. The van der Waals surface area contributed by atoms with Crippen LogP contribution in [0.25, 0.3) is 0 Å². The number of nitrogens with two attached hydrogens (primary N) is 1. The standard InChI is InChI=1S/C10H17N3O/c11-9-6-12(10(9)14)5-8-3-4-13(8)7-1-2-7/h7-9H,1-6,11H2. The third kappa shape index (κ3) is 1.25. The molecule has 1 amide bonds. The first-order chi connectivity index (χ1) is 6.75. The molecule has 3 fully saturated rings. The highest BCUT2D eigenvalue weighted by Crippen LogP contribution is 2.35. The van der Waals surface area contributed by atoms with E-state index in [-0.39, 0.29) is 11.9 Å². The molecule has 1 saturated carbocycles. The molecule has 0 aromatic rings. The molecule has 2 unspecified atom stereocenters. The Balaban J connectivity index is 1.50. The van der Waals surface area contributed by atoms with Crippen LogP contribution < -0.4 is 5.73 Å². The zero-order valence-electron chi connectivity index (χ0n) is 8.35. The maximum Gasteiger partial charge on any atom is 0.241 e. The molecule has 14 heavy (non-hydrogen) atoms. The molecule has 2 N–H and O–H groups in total. The summed E-state index contributed by atoms with van der Waals surface area (Å²) >= 11 is 0. The van der Waals surface area contributed by atoms with Crippen LogP contribution in [0.3, 0.4) is 0 Å². The SMILES string of the molecule is NC1CN(CC2CCN2C2CC2)C1=O. The number of nitrogens with zero attached hydrogens (tertiary/aromatic N) is 2. The molecule has 0 bridgehead atoms. The molecule has 78 valence electrons. The molecule has 0 aromatic carbocycles. The highest BCUT2D eigenvalue weighted by atomic mass is 16.2. The zero-order chi connectivity index (χ0) is 9.71. The monoisotopic (exact) mass is 195 g/mol. The highest BCUT2D eigenvalue weighted by Gasteiger charge is 2.43. The van der Waals surface area contributed by atoms with Crippen LogP contribution in [0, 0.1) is 0 Å². The van der Waals surface area contributed by atoms with Gasteiger partial charge in [-0.3, -0.25) is 9.69 Å². The fourth-order valence-electron chi connectivity index (χ4n) is 2.49. The number of hydrogen-bond acceptors (Lipinski definition) is 3. The van der Waals surface area contributed by atoms with Crippen molar-refractivity contribution >= 4 is 5.91 Å². The fourth-order valence-corrected chi connectivity index (χ4v) is 2.49. The molecule has 4 nitrogen and oxygen atoms in total. The third-order valence-corrected chi connectivity index (χ3v) is 3.68. The molecule has 3 rings (SSSR count). The summed E-state index contributed by atoms with van der Waals surface area (Å²) in [7, 11) is 0. The molecule has 1 aliphatic carbocycles. The minimum atomic E-state index is -0.204. The van der Waals surface area contributed by atoms with Crippen LogP contribution >= 0.6 is 0 Å². The second-order valence-corrected chi connectivity index (χ2v) is 4.76. The summed E-state index contributed by atoms with van der Waals surface area (Å²) in [5, 5.41) is 0. The van der Waals surface area contributed by atoms with E-state index < -0.39 is 0 Å². The maximum absolute atomic E-state index is 11.3. The van der Waals surface area contributed by atoms with Gasteiger partial charge in [0.1, 0.15) is 6.04 Å². The number of carbonyl (C=O) groups is 1. The summed E-state index contributed by atoms with van der Waals surface area (Å²) in [5.41, 5.74) is 5.55. The van der Waals surface area contributed by atoms with Crippen molar-refractivity contribution < 1.29 is 4.79 Å². The van der Waals surface area contributed by atoms with Crippen molar-refractivity contribution in [2.24, 2.45) is 5.73 Å². The predicted molar refractivity (Wildman–Crippen MR) is 52.7 cm³/mol. The first kappa shape index (κ1) is 8.68. The van der Waals surface area contributed by atoms with Gasteiger partial charge >= 0.3 is 0 Å². The van der Waals surface area contributed by atoms with E-state index in [1.165, 1.54) is 25.8 Å². The summed E-state index contributed by atoms with van der Waals surface area (Å²) in [5.74, 6) is 0.146. The van der Waals surface area contributed by atoms with Gasteiger partial charge in [0.15, 0.2) is 0 Å². The van der Waals surface area contributed by atoms with E-state index in [1.807, 2.05) is 4.90 Å². The van der Waals surface area contributed by atoms with Crippen molar-refractivity contribution in [3.05, 3.63) is 0 Å². The smallest absolute Gasteiger partial charge is 0.241 e. The average molecular weight is 195 g/mol. The largest absolute Gasteiger partial charge is 0.338 e. The molecule has 2 heterocycles. The topological polar surface area (TPSA) is 49.6 Å². The number of rotatable bonds is 3. The molecule has 0 spiro atoms. The number of hydrogen-bond donors (Lipinski definition) is 1. The normalized spacial score (nSPS) is 38.1. The van der Waals surface area contributed by atoms with E-state index in [2.05, 4.69) is 4.90 Å². The Morgan fingerprint density at radius 1 is 1.36 bits per heavy atom. The zero-order valence-corrected chi connectivity index (χ0v) is 8.35. The molecular weight excluding hydrogens is 178 g/mol. The van der Waals surface area contributed by atoms with E-state index in [0.29, 0.717) is 6.04 Å². The van der Waals surface area contributed by atoms with Crippen molar-refractivity contribution in [2.75, 3.05) is 19.6 Å². The Hall–Kier alpha value is -0.610. The van der Waals surface area contributed by atoms with Gasteiger partial charge in [-0.25, -0.2) is 0 Å². The van der Waals surface area contributed by atoms with E-state index in [1.54, 1.807) is 0 Å². The summed E-state index contributed by atoms with van der Waals surface area (Å²) < 4.78 is 0. The second-order valence-electron chi connectivity index (χ2n) is 4.76. The second kappa shape index (κ2) is 2.94. The lowest BCUT2D eigenvalue weighted by atomic mass is 9.99. The van der Waals surface area contributed by atoms with Crippen LogP contribution in [0.4, 0.5) is 0 Å². The average Bonchev–Trinajstić information content (AvgIpc) is 2.93. The summed E-state index contributed by atoms with van der Waals surface area (Å²) in [6, 6.07) is 1.28. The van der Waals surface area contributed by atoms with Gasteiger partial charge in [0, 0.05) is 31.7 Å². The number of carbonyl (C=O) groups excluding carboxylic acids is 1. The minimum Gasteiger partial charge on any atom is -0.338 e. The molecule has 0 radical (unpaired) electrons. The molecular formula is C10H17N3O. The highest BCUT2D eigenvalue weighted by molar-refractivity contribution is 5.87. The lowest BCUT2D eigenvalue weighted by Crippen LogP contribution is -2.65. The van der Waals surface area contributed by atoms with Crippen molar-refractivity contribution in [3.8, 4) is 0 Å². The van der Waals surface area contributed by atoms with Crippen LogP contribution in [0.5, 0.6) is 0 Å². The van der Waals surface area contributed by atoms with E-state index >= 15 is 0 Å². The first-order valence-electron chi connectivity index (χ1n) is 5.56.